The first kappa shape index (κ1) is 15.4. The van der Waals surface area contributed by atoms with Crippen molar-refractivity contribution in [1.29, 1.82) is 0 Å². The molecular weight excluding hydrogens is 281 g/mol. The lowest BCUT2D eigenvalue weighted by Gasteiger charge is -2.14. The highest BCUT2D eigenvalue weighted by Gasteiger charge is 2.16. The fourth-order valence-corrected chi connectivity index (χ4v) is 2.10. The predicted octanol–water partition coefficient (Wildman–Crippen LogP) is 4.05. The van der Waals surface area contributed by atoms with Gasteiger partial charge in [-0.25, -0.2) is 13.2 Å². The van der Waals surface area contributed by atoms with Crippen LogP contribution in [0.4, 0.5) is 13.2 Å². The number of hydrogen-bond acceptors (Lipinski definition) is 2. The summed E-state index contributed by atoms with van der Waals surface area (Å²) in [7, 11) is 1.35. The van der Waals surface area contributed by atoms with E-state index in [0.29, 0.717) is 5.56 Å². The summed E-state index contributed by atoms with van der Waals surface area (Å²) in [4.78, 5) is 0. The summed E-state index contributed by atoms with van der Waals surface area (Å²) in [5, 5.41) is 10.1. The van der Waals surface area contributed by atoms with Crippen LogP contribution in [0.5, 0.6) is 5.75 Å². The zero-order chi connectivity index (χ0) is 15.4. The van der Waals surface area contributed by atoms with Crippen LogP contribution in [-0.4, -0.2) is 12.2 Å². The van der Waals surface area contributed by atoms with Gasteiger partial charge < -0.3 is 9.84 Å². The van der Waals surface area contributed by atoms with Gasteiger partial charge in [0, 0.05) is 12.0 Å². The number of benzene rings is 2. The van der Waals surface area contributed by atoms with Crippen molar-refractivity contribution in [3.8, 4) is 5.75 Å². The SMILES string of the molecule is COc1cccc(CC(O)c2cccc(C(F)F)c2)c1F. The number of aliphatic hydroxyl groups is 1. The molecule has 5 heteroatoms. The van der Waals surface area contributed by atoms with Crippen LogP contribution in [0.1, 0.15) is 29.2 Å². The molecule has 1 atom stereocenters. The van der Waals surface area contributed by atoms with Crippen LogP contribution >= 0.6 is 0 Å². The zero-order valence-electron chi connectivity index (χ0n) is 11.4. The third-order valence-corrected chi connectivity index (χ3v) is 3.22. The maximum absolute atomic E-state index is 14.0. The van der Waals surface area contributed by atoms with E-state index in [1.807, 2.05) is 0 Å². The Morgan fingerprint density at radius 3 is 2.43 bits per heavy atom. The lowest BCUT2D eigenvalue weighted by atomic mass is 9.99. The van der Waals surface area contributed by atoms with E-state index in [1.165, 1.54) is 43.5 Å². The molecular formula is C16H15F3O2. The average Bonchev–Trinajstić information content (AvgIpc) is 2.49. The lowest BCUT2D eigenvalue weighted by molar-refractivity contribution is 0.149. The third kappa shape index (κ3) is 3.55. The van der Waals surface area contributed by atoms with Gasteiger partial charge in [-0.15, -0.1) is 0 Å². The number of halogens is 3. The Morgan fingerprint density at radius 1 is 1.10 bits per heavy atom. The Balaban J connectivity index is 2.22. The zero-order valence-corrected chi connectivity index (χ0v) is 11.4. The standard InChI is InChI=1S/C16H15F3O2/c1-21-14-7-3-5-11(15(14)17)9-13(20)10-4-2-6-12(8-10)16(18)19/h2-8,13,16,20H,9H2,1H3. The minimum Gasteiger partial charge on any atom is -0.494 e. The minimum atomic E-state index is -2.61. The second-order valence-electron chi connectivity index (χ2n) is 4.62. The molecule has 0 spiro atoms. The largest absolute Gasteiger partial charge is 0.494 e. The molecule has 0 saturated heterocycles. The van der Waals surface area contributed by atoms with E-state index in [0.717, 1.165) is 0 Å². The van der Waals surface area contributed by atoms with Gasteiger partial charge in [-0.05, 0) is 23.3 Å². The maximum Gasteiger partial charge on any atom is 0.263 e. The van der Waals surface area contributed by atoms with E-state index >= 15 is 0 Å². The number of methoxy groups -OCH3 is 1. The first-order chi connectivity index (χ1) is 10.0. The fraction of sp³-hybridized carbons (Fsp3) is 0.250. The summed E-state index contributed by atoms with van der Waals surface area (Å²) in [5.41, 5.74) is 0.428. The highest BCUT2D eigenvalue weighted by Crippen LogP contribution is 2.27. The molecule has 1 unspecified atom stereocenters. The van der Waals surface area contributed by atoms with Gasteiger partial charge in [-0.3, -0.25) is 0 Å². The molecule has 2 aromatic rings. The lowest BCUT2D eigenvalue weighted by Crippen LogP contribution is -2.05. The van der Waals surface area contributed by atoms with Gasteiger partial charge in [0.15, 0.2) is 11.6 Å². The molecule has 0 saturated carbocycles. The molecule has 2 nitrogen and oxygen atoms in total. The second-order valence-corrected chi connectivity index (χ2v) is 4.62. The first-order valence-corrected chi connectivity index (χ1v) is 6.40. The molecule has 0 aliphatic rings. The summed E-state index contributed by atoms with van der Waals surface area (Å²) in [6.45, 7) is 0. The molecule has 2 aromatic carbocycles. The van der Waals surface area contributed by atoms with Gasteiger partial charge >= 0.3 is 0 Å². The molecule has 0 bridgehead atoms. The molecule has 21 heavy (non-hydrogen) atoms. The van der Waals surface area contributed by atoms with Gasteiger partial charge in [-0.2, -0.15) is 0 Å². The predicted molar refractivity (Wildman–Crippen MR) is 73.0 cm³/mol. The van der Waals surface area contributed by atoms with Crippen LogP contribution in [-0.2, 0) is 6.42 Å². The van der Waals surface area contributed by atoms with Crippen LogP contribution < -0.4 is 4.74 Å². The summed E-state index contributed by atoms with van der Waals surface area (Å²) in [6, 6.07) is 10.1. The Bertz CT molecular complexity index is 614. The highest BCUT2D eigenvalue weighted by molar-refractivity contribution is 5.33. The number of ether oxygens (including phenoxy) is 1. The summed E-state index contributed by atoms with van der Waals surface area (Å²) < 4.78 is 44.2. The molecule has 0 aliphatic heterocycles. The molecule has 2 rings (SSSR count). The minimum absolute atomic E-state index is 0.0181. The van der Waals surface area contributed by atoms with Crippen LogP contribution in [0.15, 0.2) is 42.5 Å². The Kier molecular flexibility index (Phi) is 4.85. The van der Waals surface area contributed by atoms with E-state index in [1.54, 1.807) is 6.07 Å². The first-order valence-electron chi connectivity index (χ1n) is 6.40. The Hall–Kier alpha value is -2.01. The molecule has 0 radical (unpaired) electrons. The van der Waals surface area contributed by atoms with Crippen LogP contribution in [0.3, 0.4) is 0 Å². The van der Waals surface area contributed by atoms with Crippen molar-refractivity contribution in [3.63, 3.8) is 0 Å². The Labute approximate surface area is 120 Å². The van der Waals surface area contributed by atoms with Gasteiger partial charge in [0.2, 0.25) is 0 Å². The number of hydrogen-bond donors (Lipinski definition) is 1. The van der Waals surface area contributed by atoms with Crippen LogP contribution in [0.25, 0.3) is 0 Å². The van der Waals surface area contributed by atoms with Crippen molar-refractivity contribution in [1.82, 2.24) is 0 Å². The van der Waals surface area contributed by atoms with Gasteiger partial charge in [-0.1, -0.05) is 30.3 Å². The highest BCUT2D eigenvalue weighted by atomic mass is 19.3. The van der Waals surface area contributed by atoms with E-state index in [2.05, 4.69) is 0 Å². The maximum atomic E-state index is 14.0. The average molecular weight is 296 g/mol. The van der Waals surface area contributed by atoms with Crippen molar-refractivity contribution in [2.45, 2.75) is 19.0 Å². The normalized spacial score (nSPS) is 12.5. The van der Waals surface area contributed by atoms with Gasteiger partial charge in [0.1, 0.15) is 0 Å². The molecule has 1 N–H and O–H groups in total. The van der Waals surface area contributed by atoms with Crippen molar-refractivity contribution in [2.75, 3.05) is 7.11 Å². The summed E-state index contributed by atoms with van der Waals surface area (Å²) in [6.07, 6.45) is -3.69. The fourth-order valence-electron chi connectivity index (χ4n) is 2.10. The third-order valence-electron chi connectivity index (χ3n) is 3.22. The van der Waals surface area contributed by atoms with E-state index < -0.39 is 18.3 Å². The van der Waals surface area contributed by atoms with Gasteiger partial charge in [0.25, 0.3) is 6.43 Å². The molecule has 0 aliphatic carbocycles. The van der Waals surface area contributed by atoms with Gasteiger partial charge in [0.05, 0.1) is 13.2 Å². The molecule has 112 valence electrons. The van der Waals surface area contributed by atoms with Crippen LogP contribution in [0, 0.1) is 5.82 Å². The number of alkyl halides is 2. The smallest absolute Gasteiger partial charge is 0.263 e. The molecule has 0 fully saturated rings. The van der Waals surface area contributed by atoms with Crippen molar-refractivity contribution in [3.05, 3.63) is 65.0 Å². The van der Waals surface area contributed by atoms with Crippen molar-refractivity contribution >= 4 is 0 Å². The second kappa shape index (κ2) is 6.63. The quantitative estimate of drug-likeness (QED) is 0.902. The molecule has 0 heterocycles. The van der Waals surface area contributed by atoms with E-state index in [9.17, 15) is 18.3 Å². The van der Waals surface area contributed by atoms with Crippen molar-refractivity contribution < 1.29 is 23.0 Å². The van der Waals surface area contributed by atoms with Crippen molar-refractivity contribution in [2.24, 2.45) is 0 Å². The monoisotopic (exact) mass is 296 g/mol. The number of aliphatic hydroxyl groups excluding tert-OH is 1. The number of rotatable bonds is 5. The van der Waals surface area contributed by atoms with Crippen LogP contribution in [0.2, 0.25) is 0 Å². The molecule has 0 aromatic heterocycles. The summed E-state index contributed by atoms with van der Waals surface area (Å²) >= 11 is 0. The van der Waals surface area contributed by atoms with E-state index in [-0.39, 0.29) is 23.3 Å². The molecule has 0 amide bonds. The Morgan fingerprint density at radius 2 is 1.76 bits per heavy atom. The van der Waals surface area contributed by atoms with E-state index in [4.69, 9.17) is 4.74 Å². The topological polar surface area (TPSA) is 29.5 Å². The summed E-state index contributed by atoms with van der Waals surface area (Å²) in [5.74, 6) is -0.468.